The standard InChI is InChI=1S/C20H17FN4OS/c1-12(2)25-19-15(11-22-25)16(10-17(23-19)18-4-3-9-27-18)24-20(26)13-5-7-14(21)8-6-13/h3-12H,1-2H3,(H,23,24,26). The number of rotatable bonds is 4. The van der Waals surface area contributed by atoms with Gasteiger partial charge in [-0.1, -0.05) is 6.07 Å². The van der Waals surface area contributed by atoms with Crippen molar-refractivity contribution in [3.63, 3.8) is 0 Å². The number of nitrogens with zero attached hydrogens (tertiary/aromatic N) is 3. The van der Waals surface area contributed by atoms with Gasteiger partial charge in [-0.3, -0.25) is 4.79 Å². The molecule has 1 amide bonds. The van der Waals surface area contributed by atoms with Gasteiger partial charge in [0.05, 0.1) is 27.8 Å². The van der Waals surface area contributed by atoms with E-state index in [1.54, 1.807) is 17.5 Å². The van der Waals surface area contributed by atoms with E-state index >= 15 is 0 Å². The normalized spacial score (nSPS) is 11.3. The Morgan fingerprint density at radius 2 is 2.00 bits per heavy atom. The highest BCUT2D eigenvalue weighted by Gasteiger charge is 2.16. The summed E-state index contributed by atoms with van der Waals surface area (Å²) in [5.41, 5.74) is 2.50. The monoisotopic (exact) mass is 380 g/mol. The molecule has 4 rings (SSSR count). The first-order chi connectivity index (χ1) is 13.0. The molecule has 0 fully saturated rings. The number of anilines is 1. The van der Waals surface area contributed by atoms with Gasteiger partial charge < -0.3 is 5.32 Å². The SMILES string of the molecule is CC(C)n1ncc2c(NC(=O)c3ccc(F)cc3)cc(-c3cccs3)nc21. The lowest BCUT2D eigenvalue weighted by atomic mass is 10.2. The van der Waals surface area contributed by atoms with Gasteiger partial charge in [0.25, 0.3) is 5.91 Å². The van der Waals surface area contributed by atoms with Crippen LogP contribution in [-0.2, 0) is 0 Å². The molecule has 27 heavy (non-hydrogen) atoms. The number of carbonyl (C=O) groups is 1. The fraction of sp³-hybridized carbons (Fsp3) is 0.150. The van der Waals surface area contributed by atoms with E-state index in [9.17, 15) is 9.18 Å². The molecule has 0 aliphatic rings. The van der Waals surface area contributed by atoms with E-state index in [0.29, 0.717) is 16.9 Å². The van der Waals surface area contributed by atoms with Crippen molar-refractivity contribution in [1.82, 2.24) is 14.8 Å². The van der Waals surface area contributed by atoms with Gasteiger partial charge in [-0.05, 0) is 55.6 Å². The number of fused-ring (bicyclic) bond motifs is 1. The number of hydrogen-bond donors (Lipinski definition) is 1. The first-order valence-electron chi connectivity index (χ1n) is 8.52. The Bertz CT molecular complexity index is 1100. The average molecular weight is 380 g/mol. The van der Waals surface area contributed by atoms with Crippen LogP contribution in [0.4, 0.5) is 10.1 Å². The molecule has 5 nitrogen and oxygen atoms in total. The van der Waals surface area contributed by atoms with Crippen LogP contribution in [0.2, 0.25) is 0 Å². The summed E-state index contributed by atoms with van der Waals surface area (Å²) in [5, 5.41) is 10.1. The van der Waals surface area contributed by atoms with Crippen molar-refractivity contribution in [3.05, 3.63) is 65.4 Å². The van der Waals surface area contributed by atoms with Crippen molar-refractivity contribution >= 4 is 34.0 Å². The Hall–Kier alpha value is -3.06. The molecule has 0 atom stereocenters. The Morgan fingerprint density at radius 1 is 1.22 bits per heavy atom. The van der Waals surface area contributed by atoms with Crippen LogP contribution in [0.5, 0.6) is 0 Å². The molecule has 1 N–H and O–H groups in total. The van der Waals surface area contributed by atoms with Crippen LogP contribution in [0.15, 0.2) is 54.0 Å². The molecule has 0 spiro atoms. The van der Waals surface area contributed by atoms with Gasteiger partial charge in [-0.25, -0.2) is 14.1 Å². The van der Waals surface area contributed by atoms with Crippen LogP contribution < -0.4 is 5.32 Å². The number of benzene rings is 1. The summed E-state index contributed by atoms with van der Waals surface area (Å²) in [6, 6.07) is 11.4. The zero-order valence-corrected chi connectivity index (χ0v) is 15.6. The molecule has 0 saturated heterocycles. The molecule has 0 aliphatic heterocycles. The number of amides is 1. The third-order valence-corrected chi connectivity index (χ3v) is 5.08. The lowest BCUT2D eigenvalue weighted by Gasteiger charge is -2.11. The molecule has 3 heterocycles. The number of halogens is 1. The van der Waals surface area contributed by atoms with E-state index < -0.39 is 0 Å². The maximum absolute atomic E-state index is 13.1. The van der Waals surface area contributed by atoms with Crippen molar-refractivity contribution in [3.8, 4) is 10.6 Å². The van der Waals surface area contributed by atoms with E-state index in [1.165, 1.54) is 24.3 Å². The summed E-state index contributed by atoms with van der Waals surface area (Å²) in [6.07, 6.45) is 1.71. The molecular formula is C20H17FN4OS. The maximum Gasteiger partial charge on any atom is 0.255 e. The molecule has 4 aromatic rings. The van der Waals surface area contributed by atoms with Crippen LogP contribution in [-0.4, -0.2) is 20.7 Å². The third-order valence-electron chi connectivity index (χ3n) is 4.18. The number of carbonyl (C=O) groups excluding carboxylic acids is 1. The van der Waals surface area contributed by atoms with E-state index in [-0.39, 0.29) is 17.8 Å². The molecule has 3 aromatic heterocycles. The second-order valence-corrected chi connectivity index (χ2v) is 7.36. The van der Waals surface area contributed by atoms with Gasteiger partial charge in [0.1, 0.15) is 5.82 Å². The molecule has 0 aliphatic carbocycles. The lowest BCUT2D eigenvalue weighted by molar-refractivity contribution is 0.102. The number of pyridine rings is 1. The van der Waals surface area contributed by atoms with E-state index in [2.05, 4.69) is 10.4 Å². The van der Waals surface area contributed by atoms with Crippen LogP contribution in [0.1, 0.15) is 30.2 Å². The molecule has 0 saturated carbocycles. The van der Waals surface area contributed by atoms with E-state index in [4.69, 9.17) is 4.98 Å². The molecule has 0 bridgehead atoms. The van der Waals surface area contributed by atoms with Crippen LogP contribution in [0.25, 0.3) is 21.6 Å². The van der Waals surface area contributed by atoms with Gasteiger partial charge in [-0.2, -0.15) is 5.10 Å². The van der Waals surface area contributed by atoms with Crippen molar-refractivity contribution in [2.45, 2.75) is 19.9 Å². The van der Waals surface area contributed by atoms with Gasteiger partial charge in [0.2, 0.25) is 0 Å². The fourth-order valence-electron chi connectivity index (χ4n) is 2.85. The summed E-state index contributed by atoms with van der Waals surface area (Å²) < 4.78 is 15.0. The summed E-state index contributed by atoms with van der Waals surface area (Å²) in [4.78, 5) is 18.4. The Kier molecular flexibility index (Phi) is 4.45. The summed E-state index contributed by atoms with van der Waals surface area (Å²) >= 11 is 1.58. The summed E-state index contributed by atoms with van der Waals surface area (Å²) in [6.45, 7) is 4.06. The number of thiophene rings is 1. The average Bonchev–Trinajstić information content (AvgIpc) is 3.32. The van der Waals surface area contributed by atoms with E-state index in [1.807, 2.05) is 42.1 Å². The van der Waals surface area contributed by atoms with Gasteiger partial charge in [-0.15, -0.1) is 11.3 Å². The zero-order valence-electron chi connectivity index (χ0n) is 14.8. The fourth-order valence-corrected chi connectivity index (χ4v) is 3.53. The molecule has 0 unspecified atom stereocenters. The molecule has 0 radical (unpaired) electrons. The first-order valence-corrected chi connectivity index (χ1v) is 9.40. The number of aromatic nitrogens is 3. The first kappa shape index (κ1) is 17.4. The van der Waals surface area contributed by atoms with Crippen LogP contribution in [0.3, 0.4) is 0 Å². The second kappa shape index (κ2) is 6.92. The molecule has 136 valence electrons. The van der Waals surface area contributed by atoms with Crippen LogP contribution in [0, 0.1) is 5.82 Å². The Labute approximate surface area is 159 Å². The van der Waals surface area contributed by atoms with Gasteiger partial charge in [0, 0.05) is 11.6 Å². The lowest BCUT2D eigenvalue weighted by Crippen LogP contribution is -2.12. The summed E-state index contributed by atoms with van der Waals surface area (Å²) in [5.74, 6) is -0.687. The quantitative estimate of drug-likeness (QED) is 0.534. The predicted molar refractivity (Wildman–Crippen MR) is 106 cm³/mol. The number of nitrogens with one attached hydrogen (secondary N) is 1. The highest BCUT2D eigenvalue weighted by molar-refractivity contribution is 7.13. The van der Waals surface area contributed by atoms with Crippen molar-refractivity contribution in [2.24, 2.45) is 0 Å². The molecule has 7 heteroatoms. The number of hydrogen-bond acceptors (Lipinski definition) is 4. The Balaban J connectivity index is 1.81. The smallest absolute Gasteiger partial charge is 0.255 e. The van der Waals surface area contributed by atoms with E-state index in [0.717, 1.165) is 16.0 Å². The molecular weight excluding hydrogens is 363 g/mol. The molecule has 1 aromatic carbocycles. The Morgan fingerprint density at radius 3 is 2.67 bits per heavy atom. The zero-order chi connectivity index (χ0) is 19.0. The topological polar surface area (TPSA) is 59.8 Å². The highest BCUT2D eigenvalue weighted by Crippen LogP contribution is 2.31. The van der Waals surface area contributed by atoms with Crippen molar-refractivity contribution in [1.29, 1.82) is 0 Å². The van der Waals surface area contributed by atoms with Crippen molar-refractivity contribution in [2.75, 3.05) is 5.32 Å². The third kappa shape index (κ3) is 3.33. The minimum atomic E-state index is -0.379. The predicted octanol–water partition coefficient (Wildman–Crippen LogP) is 5.13. The minimum Gasteiger partial charge on any atom is -0.321 e. The minimum absolute atomic E-state index is 0.134. The second-order valence-electron chi connectivity index (χ2n) is 6.41. The highest BCUT2D eigenvalue weighted by atomic mass is 32.1. The largest absolute Gasteiger partial charge is 0.321 e. The van der Waals surface area contributed by atoms with Crippen LogP contribution >= 0.6 is 11.3 Å². The van der Waals surface area contributed by atoms with Crippen molar-refractivity contribution < 1.29 is 9.18 Å². The van der Waals surface area contributed by atoms with Gasteiger partial charge >= 0.3 is 0 Å². The summed E-state index contributed by atoms with van der Waals surface area (Å²) in [7, 11) is 0. The maximum atomic E-state index is 13.1. The van der Waals surface area contributed by atoms with Gasteiger partial charge in [0.15, 0.2) is 5.65 Å².